The number of nitrogens with zero attached hydrogens (tertiary/aromatic N) is 2. The highest BCUT2D eigenvalue weighted by molar-refractivity contribution is 14.0. The van der Waals surface area contributed by atoms with Gasteiger partial charge in [-0.1, -0.05) is 19.3 Å². The van der Waals surface area contributed by atoms with Gasteiger partial charge >= 0.3 is 0 Å². The van der Waals surface area contributed by atoms with Gasteiger partial charge in [0.1, 0.15) is 0 Å². The zero-order chi connectivity index (χ0) is 17.9. The lowest BCUT2D eigenvalue weighted by molar-refractivity contribution is -0.121. The monoisotopic (exact) mass is 490 g/mol. The van der Waals surface area contributed by atoms with E-state index in [1.807, 2.05) is 0 Å². The Labute approximate surface area is 180 Å². The molecule has 0 aromatic carbocycles. The molecule has 4 fully saturated rings. The summed E-state index contributed by atoms with van der Waals surface area (Å²) in [6.07, 6.45) is 9.97. The molecule has 4 atom stereocenters. The van der Waals surface area contributed by atoms with Crippen molar-refractivity contribution in [2.24, 2.45) is 16.8 Å². The first-order chi connectivity index (χ1) is 12.7. The van der Waals surface area contributed by atoms with Gasteiger partial charge in [-0.3, -0.25) is 9.79 Å². The number of hydrogen-bond donors (Lipinski definition) is 2. The molecule has 4 unspecified atom stereocenters. The summed E-state index contributed by atoms with van der Waals surface area (Å²) in [6.45, 7) is 5.63. The Morgan fingerprint density at radius 2 is 1.74 bits per heavy atom. The van der Waals surface area contributed by atoms with Gasteiger partial charge in [-0.15, -0.1) is 24.0 Å². The van der Waals surface area contributed by atoms with Gasteiger partial charge in [0.25, 0.3) is 0 Å². The smallest absolute Gasteiger partial charge is 0.222 e. The lowest BCUT2D eigenvalue weighted by Crippen LogP contribution is -2.41. The van der Waals surface area contributed by atoms with Crippen LogP contribution >= 0.6 is 24.0 Å². The maximum Gasteiger partial charge on any atom is 0.222 e. The zero-order valence-electron chi connectivity index (χ0n) is 16.5. The van der Waals surface area contributed by atoms with Crippen molar-refractivity contribution in [3.8, 4) is 0 Å². The Hall–Kier alpha value is -0.570. The molecule has 2 N–H and O–H groups in total. The minimum atomic E-state index is 0. The normalized spacial score (nSPS) is 32.9. The topological polar surface area (TPSA) is 66.0 Å². The van der Waals surface area contributed by atoms with Crippen LogP contribution in [0.15, 0.2) is 4.99 Å². The fourth-order valence-corrected chi connectivity index (χ4v) is 5.37. The van der Waals surface area contributed by atoms with Gasteiger partial charge in [-0.05, 0) is 32.6 Å². The molecule has 0 spiro atoms. The molecule has 1 aliphatic carbocycles. The predicted octanol–water partition coefficient (Wildman–Crippen LogP) is 2.52. The lowest BCUT2D eigenvalue weighted by Gasteiger charge is -2.24. The molecule has 154 valence electrons. The lowest BCUT2D eigenvalue weighted by atomic mass is 9.82. The first kappa shape index (κ1) is 21.1. The van der Waals surface area contributed by atoms with Gasteiger partial charge in [-0.25, -0.2) is 0 Å². The number of guanidine groups is 1. The van der Waals surface area contributed by atoms with Crippen LogP contribution in [-0.2, 0) is 9.53 Å². The Bertz CT molecular complexity index is 520. The second kappa shape index (κ2) is 9.76. The zero-order valence-corrected chi connectivity index (χ0v) is 18.8. The fraction of sp³-hybridized carbons (Fsp3) is 0.900. The van der Waals surface area contributed by atoms with Crippen molar-refractivity contribution in [1.29, 1.82) is 0 Å². The molecule has 3 saturated heterocycles. The molecule has 6 nitrogen and oxygen atoms in total. The van der Waals surface area contributed by atoms with E-state index in [4.69, 9.17) is 9.73 Å². The van der Waals surface area contributed by atoms with Crippen LogP contribution in [0.25, 0.3) is 0 Å². The third-order valence-corrected chi connectivity index (χ3v) is 6.66. The molecule has 1 saturated carbocycles. The number of hydrogen-bond acceptors (Lipinski definition) is 3. The van der Waals surface area contributed by atoms with Crippen molar-refractivity contribution in [2.45, 2.75) is 76.5 Å². The van der Waals surface area contributed by atoms with E-state index in [2.05, 4.69) is 22.5 Å². The summed E-state index contributed by atoms with van der Waals surface area (Å²) in [7, 11) is 0. The van der Waals surface area contributed by atoms with E-state index in [0.717, 1.165) is 38.4 Å². The molecule has 4 aliphatic rings. The number of amides is 1. The van der Waals surface area contributed by atoms with Crippen molar-refractivity contribution in [2.75, 3.05) is 26.2 Å². The summed E-state index contributed by atoms with van der Waals surface area (Å²) < 4.78 is 6.07. The number of nitrogens with one attached hydrogen (secondary N) is 2. The van der Waals surface area contributed by atoms with Crippen molar-refractivity contribution >= 4 is 35.8 Å². The van der Waals surface area contributed by atoms with Gasteiger partial charge in [0.2, 0.25) is 5.91 Å². The van der Waals surface area contributed by atoms with Crippen molar-refractivity contribution in [3.63, 3.8) is 0 Å². The molecule has 7 heteroatoms. The number of fused-ring (bicyclic) bond motifs is 5. The Kier molecular flexibility index (Phi) is 7.65. The van der Waals surface area contributed by atoms with E-state index >= 15 is 0 Å². The highest BCUT2D eigenvalue weighted by atomic mass is 127. The maximum absolute atomic E-state index is 12.2. The second-order valence-corrected chi connectivity index (χ2v) is 8.41. The Morgan fingerprint density at radius 3 is 2.37 bits per heavy atom. The maximum atomic E-state index is 12.2. The SMILES string of the molecule is CCNC(=NCCC(=O)NC1CCCCC1)N1CC2C3CCC(O3)C2C1.I. The molecular weight excluding hydrogens is 455 g/mol. The fourth-order valence-electron chi connectivity index (χ4n) is 5.37. The molecule has 0 aromatic heterocycles. The summed E-state index contributed by atoms with van der Waals surface area (Å²) in [5, 5.41) is 6.61. The minimum Gasteiger partial charge on any atom is -0.374 e. The van der Waals surface area contributed by atoms with Gasteiger partial charge in [0.15, 0.2) is 5.96 Å². The summed E-state index contributed by atoms with van der Waals surface area (Å²) >= 11 is 0. The molecule has 2 bridgehead atoms. The van der Waals surface area contributed by atoms with Gasteiger partial charge in [0.05, 0.1) is 18.8 Å². The number of likely N-dealkylation sites (tertiary alicyclic amines) is 1. The Morgan fingerprint density at radius 1 is 1.07 bits per heavy atom. The first-order valence-corrected chi connectivity index (χ1v) is 10.7. The predicted molar refractivity (Wildman–Crippen MR) is 117 cm³/mol. The number of aliphatic imine (C=N–C) groups is 1. The molecule has 27 heavy (non-hydrogen) atoms. The molecule has 0 aromatic rings. The summed E-state index contributed by atoms with van der Waals surface area (Å²) in [5.41, 5.74) is 0. The van der Waals surface area contributed by atoms with E-state index in [9.17, 15) is 4.79 Å². The largest absolute Gasteiger partial charge is 0.374 e. The van der Waals surface area contributed by atoms with Crippen LogP contribution in [0.1, 0.15) is 58.3 Å². The number of rotatable bonds is 5. The Balaban J connectivity index is 0.00000210. The van der Waals surface area contributed by atoms with E-state index in [0.29, 0.717) is 43.1 Å². The number of carbonyl (C=O) groups excluding carboxylic acids is 1. The average Bonchev–Trinajstić information content (AvgIpc) is 3.35. The molecule has 3 heterocycles. The number of carbonyl (C=O) groups is 1. The molecule has 1 amide bonds. The summed E-state index contributed by atoms with van der Waals surface area (Å²) in [4.78, 5) is 19.3. The minimum absolute atomic E-state index is 0. The van der Waals surface area contributed by atoms with Crippen LogP contribution in [0, 0.1) is 11.8 Å². The van der Waals surface area contributed by atoms with Crippen LogP contribution in [-0.4, -0.2) is 61.2 Å². The number of halogens is 1. The van der Waals surface area contributed by atoms with Gasteiger partial charge in [0, 0.05) is 43.9 Å². The quantitative estimate of drug-likeness (QED) is 0.353. The van der Waals surface area contributed by atoms with Crippen molar-refractivity contribution in [3.05, 3.63) is 0 Å². The van der Waals surface area contributed by atoms with E-state index in [1.54, 1.807) is 0 Å². The summed E-state index contributed by atoms with van der Waals surface area (Å²) in [6, 6.07) is 0.391. The summed E-state index contributed by atoms with van der Waals surface area (Å²) in [5.74, 6) is 2.48. The second-order valence-electron chi connectivity index (χ2n) is 8.41. The molecule has 3 aliphatic heterocycles. The van der Waals surface area contributed by atoms with Crippen LogP contribution in [0.2, 0.25) is 0 Å². The number of ether oxygens (including phenoxy) is 1. The van der Waals surface area contributed by atoms with Crippen LogP contribution < -0.4 is 10.6 Å². The highest BCUT2D eigenvalue weighted by Gasteiger charge is 2.53. The first-order valence-electron chi connectivity index (χ1n) is 10.7. The van der Waals surface area contributed by atoms with E-state index < -0.39 is 0 Å². The molecular formula is C20H35IN4O2. The molecule has 4 rings (SSSR count). The van der Waals surface area contributed by atoms with Gasteiger partial charge in [-0.2, -0.15) is 0 Å². The van der Waals surface area contributed by atoms with Crippen LogP contribution in [0.3, 0.4) is 0 Å². The average molecular weight is 490 g/mol. The third-order valence-electron chi connectivity index (χ3n) is 6.66. The highest BCUT2D eigenvalue weighted by Crippen LogP contribution is 2.47. The van der Waals surface area contributed by atoms with Crippen LogP contribution in [0.5, 0.6) is 0 Å². The van der Waals surface area contributed by atoms with E-state index in [1.165, 1.54) is 32.1 Å². The van der Waals surface area contributed by atoms with E-state index in [-0.39, 0.29) is 29.9 Å². The van der Waals surface area contributed by atoms with Crippen molar-refractivity contribution in [1.82, 2.24) is 15.5 Å². The van der Waals surface area contributed by atoms with Crippen molar-refractivity contribution < 1.29 is 9.53 Å². The third kappa shape index (κ3) is 4.89. The van der Waals surface area contributed by atoms with Gasteiger partial charge < -0.3 is 20.3 Å². The van der Waals surface area contributed by atoms with Crippen LogP contribution in [0.4, 0.5) is 0 Å². The molecule has 0 radical (unpaired) electrons. The standard InChI is InChI=1S/C20H34N4O2.HI/c1-2-21-20(22-11-10-19(25)23-14-6-4-3-5-7-14)24-12-15-16(13-24)18-9-8-17(15)26-18;/h14-18H,2-13H2,1H3,(H,21,22)(H,23,25);1H.